The van der Waals surface area contributed by atoms with Gasteiger partial charge in [-0.15, -0.1) is 0 Å². The first-order valence-corrected chi connectivity index (χ1v) is 4.99. The van der Waals surface area contributed by atoms with Gasteiger partial charge in [0.25, 0.3) is 6.47 Å². The maximum Gasteiger partial charge on any atom is 1.00 e. The summed E-state index contributed by atoms with van der Waals surface area (Å²) < 4.78 is 4.59. The van der Waals surface area contributed by atoms with Crippen LogP contribution in [0.15, 0.2) is 12.1 Å². The summed E-state index contributed by atoms with van der Waals surface area (Å²) in [5.74, 6) is 1.03. The molecule has 2 N–H and O–H groups in total. The average Bonchev–Trinajstić information content (AvgIpc) is 2.63. The van der Waals surface area contributed by atoms with Crippen LogP contribution in [0.2, 0.25) is 5.28 Å². The van der Waals surface area contributed by atoms with E-state index >= 15 is 0 Å². The molecule has 0 saturated carbocycles. The average molecular weight is 278 g/mol. The minimum atomic E-state index is -0.0286. The number of nitrogens with zero attached hydrogens (tertiary/aromatic N) is 3. The molecule has 7 nitrogen and oxygen atoms in total. The van der Waals surface area contributed by atoms with Crippen molar-refractivity contribution in [1.29, 1.82) is 0 Å². The van der Waals surface area contributed by atoms with E-state index in [1.807, 2.05) is 6.92 Å². The predicted molar refractivity (Wildman–Crippen MR) is 61.5 cm³/mol. The van der Waals surface area contributed by atoms with Crippen molar-refractivity contribution in [2.75, 3.05) is 5.32 Å². The van der Waals surface area contributed by atoms with Crippen molar-refractivity contribution in [2.45, 2.75) is 6.92 Å². The van der Waals surface area contributed by atoms with E-state index in [0.717, 1.165) is 5.69 Å². The van der Waals surface area contributed by atoms with Crippen LogP contribution in [-0.4, -0.2) is 26.6 Å². The largest absolute Gasteiger partial charge is 1.00 e. The van der Waals surface area contributed by atoms with Crippen LogP contribution in [0.3, 0.4) is 0 Å². The van der Waals surface area contributed by atoms with Crippen LogP contribution in [-0.2, 0) is 4.79 Å². The molecule has 2 heterocycles. The number of rotatable bonds is 4. The van der Waals surface area contributed by atoms with E-state index in [9.17, 15) is 4.79 Å². The van der Waals surface area contributed by atoms with Crippen LogP contribution in [0.4, 0.5) is 11.6 Å². The van der Waals surface area contributed by atoms with E-state index in [-0.39, 0.29) is 48.6 Å². The molecular formula is C9H9ClN5NaO2. The van der Waals surface area contributed by atoms with Crippen LogP contribution in [0.1, 0.15) is 7.12 Å². The summed E-state index contributed by atoms with van der Waals surface area (Å²) in [5.41, 5.74) is 0.900. The van der Waals surface area contributed by atoms with Crippen molar-refractivity contribution in [3.8, 4) is 5.88 Å². The van der Waals surface area contributed by atoms with Gasteiger partial charge >= 0.3 is 29.6 Å². The molecule has 90 valence electrons. The van der Waals surface area contributed by atoms with Crippen molar-refractivity contribution < 1.29 is 40.5 Å². The fourth-order valence-electron chi connectivity index (χ4n) is 1.18. The fourth-order valence-corrected chi connectivity index (χ4v) is 1.36. The number of nitrogens with one attached hydrogen (secondary N) is 2. The summed E-state index contributed by atoms with van der Waals surface area (Å²) in [6.07, 6.45) is 0. The molecular weight excluding hydrogens is 269 g/mol. The number of hydrogen-bond acceptors (Lipinski definition) is 6. The van der Waals surface area contributed by atoms with Crippen LogP contribution < -0.4 is 39.6 Å². The molecule has 0 fully saturated rings. The Kier molecular flexibility index (Phi) is 5.54. The quantitative estimate of drug-likeness (QED) is 0.404. The van der Waals surface area contributed by atoms with Crippen LogP contribution in [0, 0.1) is 6.92 Å². The van der Waals surface area contributed by atoms with E-state index in [2.05, 4.69) is 30.2 Å². The number of halogens is 1. The molecule has 0 bridgehead atoms. The Morgan fingerprint density at radius 1 is 1.44 bits per heavy atom. The Balaban J connectivity index is 0.00000162. The third-order valence-electron chi connectivity index (χ3n) is 1.81. The number of H-pyrrole nitrogens is 1. The zero-order chi connectivity index (χ0) is 12.3. The Bertz CT molecular complexity index is 553. The van der Waals surface area contributed by atoms with Gasteiger partial charge in [-0.2, -0.15) is 10.1 Å². The number of aromatic nitrogens is 4. The smallest absolute Gasteiger partial charge is 1.00 e. The first kappa shape index (κ1) is 14.9. The van der Waals surface area contributed by atoms with Gasteiger partial charge in [0.05, 0.1) is 0 Å². The summed E-state index contributed by atoms with van der Waals surface area (Å²) in [7, 11) is 0. The molecule has 18 heavy (non-hydrogen) atoms. The van der Waals surface area contributed by atoms with E-state index in [0.29, 0.717) is 11.6 Å². The number of ether oxygens (including phenoxy) is 1. The summed E-state index contributed by atoms with van der Waals surface area (Å²) in [4.78, 5) is 17.8. The Labute approximate surface area is 131 Å². The first-order chi connectivity index (χ1) is 8.17. The maximum absolute atomic E-state index is 10.2. The summed E-state index contributed by atoms with van der Waals surface area (Å²) in [6.45, 7) is 2.13. The molecule has 2 aromatic rings. The minimum absolute atomic E-state index is 0. The van der Waals surface area contributed by atoms with Crippen LogP contribution >= 0.6 is 11.6 Å². The van der Waals surface area contributed by atoms with E-state index in [1.165, 1.54) is 6.07 Å². The molecule has 0 atom stereocenters. The van der Waals surface area contributed by atoms with E-state index in [4.69, 9.17) is 11.6 Å². The third-order valence-corrected chi connectivity index (χ3v) is 1.98. The van der Waals surface area contributed by atoms with Gasteiger partial charge in [-0.1, -0.05) is 0 Å². The van der Waals surface area contributed by atoms with Gasteiger partial charge in [-0.25, -0.2) is 4.98 Å². The van der Waals surface area contributed by atoms with Gasteiger partial charge in [0.2, 0.25) is 11.2 Å². The Hall–Kier alpha value is -1.15. The summed E-state index contributed by atoms with van der Waals surface area (Å²) >= 11 is 5.67. The molecule has 9 heteroatoms. The van der Waals surface area contributed by atoms with Crippen LogP contribution in [0.5, 0.6) is 5.88 Å². The fraction of sp³-hybridized carbons (Fsp3) is 0.111. The maximum atomic E-state index is 10.2. The van der Waals surface area contributed by atoms with Crippen molar-refractivity contribution in [2.24, 2.45) is 0 Å². The van der Waals surface area contributed by atoms with Gasteiger partial charge in [0, 0.05) is 17.8 Å². The molecule has 0 saturated heterocycles. The molecule has 0 radical (unpaired) electrons. The zero-order valence-corrected chi connectivity index (χ0v) is 12.5. The van der Waals surface area contributed by atoms with E-state index in [1.54, 1.807) is 6.07 Å². The second-order valence-corrected chi connectivity index (χ2v) is 3.47. The molecule has 0 aromatic carbocycles. The van der Waals surface area contributed by atoms with Crippen LogP contribution in [0.25, 0.3) is 0 Å². The van der Waals surface area contributed by atoms with Crippen molar-refractivity contribution in [3.63, 3.8) is 0 Å². The molecule has 0 aliphatic heterocycles. The number of carbonyl (C=O) groups excluding carboxylic acids is 1. The molecule has 0 aliphatic carbocycles. The second kappa shape index (κ2) is 6.69. The zero-order valence-electron chi connectivity index (χ0n) is 10.8. The normalized spacial score (nSPS) is 9.44. The standard InChI is InChI=1S/C9H8ClN5O2.Na.H/c1-5-2-7(15-14-5)11-6-3-8(17-4-16)13-9(10)12-6;;/h2-4H,1H3,(H2,11,12,13,14,15);;/q;+1;-1. The number of aryl methyl sites for hydroxylation is 1. The van der Waals surface area contributed by atoms with Gasteiger partial charge in [-0.3, -0.25) is 9.89 Å². The molecule has 0 unspecified atom stereocenters. The number of aromatic amines is 1. The van der Waals surface area contributed by atoms with Gasteiger partial charge < -0.3 is 11.5 Å². The molecule has 0 amide bonds. The van der Waals surface area contributed by atoms with Crippen molar-refractivity contribution in [3.05, 3.63) is 23.1 Å². The van der Waals surface area contributed by atoms with Crippen molar-refractivity contribution in [1.82, 2.24) is 20.2 Å². The molecule has 2 rings (SSSR count). The van der Waals surface area contributed by atoms with Gasteiger partial charge in [0.15, 0.2) is 5.82 Å². The molecule has 0 spiro atoms. The third kappa shape index (κ3) is 3.95. The van der Waals surface area contributed by atoms with Gasteiger partial charge in [-0.05, 0) is 18.5 Å². The SMILES string of the molecule is Cc1cc(Nc2cc(OC=O)nc(Cl)n2)n[nH]1.[H-].[Na+]. The Morgan fingerprint density at radius 3 is 2.83 bits per heavy atom. The molecule has 0 aliphatic rings. The number of anilines is 2. The number of carbonyl (C=O) groups is 1. The topological polar surface area (TPSA) is 92.8 Å². The van der Waals surface area contributed by atoms with E-state index < -0.39 is 0 Å². The monoisotopic (exact) mass is 277 g/mol. The van der Waals surface area contributed by atoms with Crippen molar-refractivity contribution >= 4 is 29.7 Å². The number of hydrogen-bond donors (Lipinski definition) is 2. The summed E-state index contributed by atoms with van der Waals surface area (Å²) in [5, 5.41) is 9.60. The predicted octanol–water partition coefficient (Wildman–Crippen LogP) is -1.44. The van der Waals surface area contributed by atoms with Gasteiger partial charge in [0.1, 0.15) is 5.82 Å². The minimum Gasteiger partial charge on any atom is -1.00 e. The summed E-state index contributed by atoms with van der Waals surface area (Å²) in [6, 6.07) is 3.22. The second-order valence-electron chi connectivity index (χ2n) is 3.14. The molecule has 2 aromatic heterocycles. The first-order valence-electron chi connectivity index (χ1n) is 4.61. The Morgan fingerprint density at radius 2 is 2.22 bits per heavy atom.